The van der Waals surface area contributed by atoms with E-state index in [9.17, 15) is 4.79 Å². The van der Waals surface area contributed by atoms with Gasteiger partial charge in [0, 0.05) is 31.4 Å². The molecule has 0 radical (unpaired) electrons. The zero-order valence-corrected chi connectivity index (χ0v) is 10.3. The molecule has 1 aromatic heterocycles. The van der Waals surface area contributed by atoms with Gasteiger partial charge in [0.05, 0.1) is 6.04 Å². The van der Waals surface area contributed by atoms with E-state index in [1.807, 2.05) is 17.0 Å². The minimum absolute atomic E-state index is 0.0152. The highest BCUT2D eigenvalue weighted by Gasteiger charge is 2.38. The molecule has 0 bridgehead atoms. The monoisotopic (exact) mass is 233 g/mol. The maximum atomic E-state index is 11.9. The molecule has 2 atom stereocenters. The molecule has 0 spiro atoms. The minimum Gasteiger partial charge on any atom is -0.334 e. The molecule has 2 rings (SSSR count). The number of carbonyl (C=O) groups is 1. The van der Waals surface area contributed by atoms with Crippen LogP contribution in [0.3, 0.4) is 0 Å². The molecule has 0 aromatic carbocycles. The number of carbonyl (C=O) groups excluding carboxylic acids is 1. The molecule has 0 aliphatic carbocycles. The summed E-state index contributed by atoms with van der Waals surface area (Å²) in [6, 6.07) is 3.74. The number of nitrogens with zero attached hydrogens (tertiary/aromatic N) is 2. The summed E-state index contributed by atoms with van der Waals surface area (Å²) in [5.41, 5.74) is 7.11. The molecule has 92 valence electrons. The van der Waals surface area contributed by atoms with Crippen molar-refractivity contribution in [3.05, 3.63) is 30.1 Å². The highest BCUT2D eigenvalue weighted by atomic mass is 16.2. The van der Waals surface area contributed by atoms with Gasteiger partial charge in [-0.3, -0.25) is 9.78 Å². The maximum absolute atomic E-state index is 11.9. The van der Waals surface area contributed by atoms with Gasteiger partial charge in [-0.05, 0) is 17.5 Å². The first kappa shape index (κ1) is 12.0. The summed E-state index contributed by atoms with van der Waals surface area (Å²) in [5, 5.41) is 0. The van der Waals surface area contributed by atoms with Crippen molar-refractivity contribution in [2.45, 2.75) is 32.4 Å². The van der Waals surface area contributed by atoms with Crippen molar-refractivity contribution in [2.75, 3.05) is 6.54 Å². The van der Waals surface area contributed by atoms with E-state index >= 15 is 0 Å². The first-order chi connectivity index (χ1) is 8.09. The summed E-state index contributed by atoms with van der Waals surface area (Å²) in [6.45, 7) is 4.97. The Morgan fingerprint density at radius 3 is 2.94 bits per heavy atom. The number of nitrogens with two attached hydrogens (primary N) is 1. The highest BCUT2D eigenvalue weighted by molar-refractivity contribution is 5.80. The van der Waals surface area contributed by atoms with Crippen molar-refractivity contribution in [3.63, 3.8) is 0 Å². The van der Waals surface area contributed by atoms with Crippen LogP contribution in [0.4, 0.5) is 0 Å². The zero-order valence-electron chi connectivity index (χ0n) is 10.3. The first-order valence-corrected chi connectivity index (χ1v) is 6.04. The van der Waals surface area contributed by atoms with Crippen LogP contribution in [0, 0.1) is 5.92 Å². The average molecular weight is 233 g/mol. The van der Waals surface area contributed by atoms with E-state index in [0.29, 0.717) is 12.3 Å². The molecule has 1 fully saturated rings. The second-order valence-corrected chi connectivity index (χ2v) is 5.04. The van der Waals surface area contributed by atoms with Gasteiger partial charge in [0.2, 0.25) is 5.91 Å². The summed E-state index contributed by atoms with van der Waals surface area (Å²) < 4.78 is 0. The molecular weight excluding hydrogens is 214 g/mol. The summed E-state index contributed by atoms with van der Waals surface area (Å²) in [4.78, 5) is 17.9. The fraction of sp³-hybridized carbons (Fsp3) is 0.538. The Bertz CT molecular complexity index is 391. The zero-order chi connectivity index (χ0) is 12.4. The van der Waals surface area contributed by atoms with Crippen molar-refractivity contribution in [2.24, 2.45) is 11.7 Å². The van der Waals surface area contributed by atoms with Crippen molar-refractivity contribution in [3.8, 4) is 0 Å². The van der Waals surface area contributed by atoms with Gasteiger partial charge in [0.15, 0.2) is 0 Å². The topological polar surface area (TPSA) is 59.2 Å². The third kappa shape index (κ3) is 2.47. The van der Waals surface area contributed by atoms with Gasteiger partial charge in [-0.25, -0.2) is 0 Å². The lowest BCUT2D eigenvalue weighted by Crippen LogP contribution is -2.35. The Morgan fingerprint density at radius 1 is 1.59 bits per heavy atom. The van der Waals surface area contributed by atoms with Gasteiger partial charge < -0.3 is 10.6 Å². The third-order valence-electron chi connectivity index (χ3n) is 3.06. The van der Waals surface area contributed by atoms with E-state index in [4.69, 9.17) is 5.73 Å². The van der Waals surface area contributed by atoms with Crippen LogP contribution in [0.5, 0.6) is 0 Å². The van der Waals surface area contributed by atoms with Crippen molar-refractivity contribution in [1.29, 1.82) is 0 Å². The summed E-state index contributed by atoms with van der Waals surface area (Å²) >= 11 is 0. The molecule has 1 aliphatic rings. The Kier molecular flexibility index (Phi) is 3.43. The van der Waals surface area contributed by atoms with E-state index < -0.39 is 0 Å². The van der Waals surface area contributed by atoms with Crippen LogP contribution in [-0.2, 0) is 4.79 Å². The molecule has 1 saturated heterocycles. The Labute approximate surface area is 102 Å². The number of hydrogen-bond donors (Lipinski definition) is 1. The van der Waals surface area contributed by atoms with Gasteiger partial charge in [0.1, 0.15) is 0 Å². The van der Waals surface area contributed by atoms with Crippen LogP contribution in [0.15, 0.2) is 24.5 Å². The summed E-state index contributed by atoms with van der Waals surface area (Å²) in [5.74, 6) is 0.600. The SMILES string of the molecule is CC(C)CN1C(=O)CC(N)C1c1cccnc1. The largest absolute Gasteiger partial charge is 0.334 e. The maximum Gasteiger partial charge on any atom is 0.224 e. The molecule has 2 N–H and O–H groups in total. The summed E-state index contributed by atoms with van der Waals surface area (Å²) in [7, 11) is 0. The Balaban J connectivity index is 2.26. The van der Waals surface area contributed by atoms with E-state index in [1.54, 1.807) is 12.4 Å². The molecule has 4 heteroatoms. The van der Waals surface area contributed by atoms with E-state index in [2.05, 4.69) is 18.8 Å². The van der Waals surface area contributed by atoms with Gasteiger partial charge in [0.25, 0.3) is 0 Å². The highest BCUT2D eigenvalue weighted by Crippen LogP contribution is 2.32. The van der Waals surface area contributed by atoms with Crippen molar-refractivity contribution in [1.82, 2.24) is 9.88 Å². The van der Waals surface area contributed by atoms with Crippen LogP contribution >= 0.6 is 0 Å². The fourth-order valence-corrected chi connectivity index (χ4v) is 2.40. The molecule has 0 saturated carbocycles. The molecular formula is C13H19N3O. The standard InChI is InChI=1S/C13H19N3O/c1-9(2)8-16-12(17)6-11(14)13(16)10-4-3-5-15-7-10/h3-5,7,9,11,13H,6,8,14H2,1-2H3. The smallest absolute Gasteiger partial charge is 0.224 e. The first-order valence-electron chi connectivity index (χ1n) is 6.04. The molecule has 4 nitrogen and oxygen atoms in total. The molecule has 1 aliphatic heterocycles. The fourth-order valence-electron chi connectivity index (χ4n) is 2.40. The molecule has 1 amide bonds. The van der Waals surface area contributed by atoms with Crippen LogP contribution in [0.2, 0.25) is 0 Å². The molecule has 17 heavy (non-hydrogen) atoms. The number of rotatable bonds is 3. The Morgan fingerprint density at radius 2 is 2.35 bits per heavy atom. The predicted molar refractivity (Wildman–Crippen MR) is 66.1 cm³/mol. The van der Waals surface area contributed by atoms with Gasteiger partial charge in [-0.2, -0.15) is 0 Å². The van der Waals surface area contributed by atoms with E-state index in [1.165, 1.54) is 0 Å². The van der Waals surface area contributed by atoms with Gasteiger partial charge in [-0.1, -0.05) is 19.9 Å². The number of hydrogen-bond acceptors (Lipinski definition) is 3. The normalized spacial score (nSPS) is 24.7. The second-order valence-electron chi connectivity index (χ2n) is 5.04. The average Bonchev–Trinajstić information content (AvgIpc) is 2.54. The predicted octanol–water partition coefficient (Wildman–Crippen LogP) is 1.34. The van der Waals surface area contributed by atoms with E-state index in [0.717, 1.165) is 12.1 Å². The number of pyridine rings is 1. The number of likely N-dealkylation sites (tertiary alicyclic amines) is 1. The van der Waals surface area contributed by atoms with Crippen LogP contribution in [-0.4, -0.2) is 28.4 Å². The lowest BCUT2D eigenvalue weighted by atomic mass is 10.0. The van der Waals surface area contributed by atoms with Crippen LogP contribution in [0.25, 0.3) is 0 Å². The third-order valence-corrected chi connectivity index (χ3v) is 3.06. The second kappa shape index (κ2) is 4.84. The Hall–Kier alpha value is -1.42. The number of amides is 1. The van der Waals surface area contributed by atoms with E-state index in [-0.39, 0.29) is 18.0 Å². The molecule has 1 aromatic rings. The van der Waals surface area contributed by atoms with Crippen LogP contribution < -0.4 is 5.73 Å². The quantitative estimate of drug-likeness (QED) is 0.857. The molecule has 2 heterocycles. The van der Waals surface area contributed by atoms with Gasteiger partial charge >= 0.3 is 0 Å². The van der Waals surface area contributed by atoms with Gasteiger partial charge in [-0.15, -0.1) is 0 Å². The minimum atomic E-state index is -0.120. The lowest BCUT2D eigenvalue weighted by Gasteiger charge is -2.28. The molecule has 2 unspecified atom stereocenters. The van der Waals surface area contributed by atoms with Crippen molar-refractivity contribution < 1.29 is 4.79 Å². The van der Waals surface area contributed by atoms with Crippen LogP contribution in [0.1, 0.15) is 31.9 Å². The lowest BCUT2D eigenvalue weighted by molar-refractivity contribution is -0.129. The summed E-state index contributed by atoms with van der Waals surface area (Å²) in [6.07, 6.45) is 3.97. The number of aromatic nitrogens is 1. The van der Waals surface area contributed by atoms with Crippen molar-refractivity contribution >= 4 is 5.91 Å².